The van der Waals surface area contributed by atoms with Crippen LogP contribution < -0.4 is 15.4 Å². The molecule has 0 bridgehead atoms. The number of methoxy groups -OCH3 is 1. The van der Waals surface area contributed by atoms with Gasteiger partial charge in [-0.15, -0.1) is 0 Å². The highest BCUT2D eigenvalue weighted by atomic mass is 16.5. The fourth-order valence-electron chi connectivity index (χ4n) is 2.89. The van der Waals surface area contributed by atoms with E-state index in [0.717, 1.165) is 35.8 Å². The van der Waals surface area contributed by atoms with Gasteiger partial charge in [-0.05, 0) is 56.2 Å². The fraction of sp³-hybridized carbons (Fsp3) is 0.227. The van der Waals surface area contributed by atoms with Crippen molar-refractivity contribution >= 4 is 23.1 Å². The lowest BCUT2D eigenvalue weighted by Crippen LogP contribution is -2.09. The van der Waals surface area contributed by atoms with Crippen molar-refractivity contribution in [3.05, 3.63) is 71.5 Å². The van der Waals surface area contributed by atoms with Crippen LogP contribution in [0.3, 0.4) is 0 Å². The monoisotopic (exact) mass is 376 g/mol. The first-order chi connectivity index (χ1) is 13.5. The number of nitrogens with zero attached hydrogens (tertiary/aromatic N) is 2. The van der Waals surface area contributed by atoms with Crippen LogP contribution in [0.5, 0.6) is 5.75 Å². The Kier molecular flexibility index (Phi) is 6.22. The number of anilines is 3. The van der Waals surface area contributed by atoms with Gasteiger partial charge < -0.3 is 15.4 Å². The highest BCUT2D eigenvalue weighted by molar-refractivity contribution is 5.94. The summed E-state index contributed by atoms with van der Waals surface area (Å²) in [5.74, 6) is 3.06. The standard InChI is InChI=1S/C22H24N4O2/c1-15(27)17-8-10-19(11-9-17)26-22-14-21(24-16(2)25-22)23-13-12-18-6-4-5-7-20(18)28-3/h4-11,14H,12-13H2,1-3H3,(H2,23,24,25,26). The maximum absolute atomic E-state index is 11.4. The molecule has 3 rings (SSSR count). The van der Waals surface area contributed by atoms with E-state index in [2.05, 4.69) is 26.7 Å². The zero-order valence-electron chi connectivity index (χ0n) is 16.3. The molecule has 0 atom stereocenters. The second-order valence-corrected chi connectivity index (χ2v) is 6.43. The molecule has 0 saturated heterocycles. The lowest BCUT2D eigenvalue weighted by Gasteiger charge is -2.12. The Bertz CT molecular complexity index is 955. The molecule has 3 aromatic rings. The third kappa shape index (κ3) is 5.07. The Balaban J connectivity index is 1.65. The normalized spacial score (nSPS) is 10.4. The number of aryl methyl sites for hydroxylation is 1. The van der Waals surface area contributed by atoms with Gasteiger partial charge in [0, 0.05) is 23.9 Å². The number of para-hydroxylation sites is 1. The number of ketones is 1. The van der Waals surface area contributed by atoms with Crippen molar-refractivity contribution in [3.8, 4) is 5.75 Å². The number of aromatic nitrogens is 2. The largest absolute Gasteiger partial charge is 0.496 e. The van der Waals surface area contributed by atoms with E-state index in [1.54, 1.807) is 26.2 Å². The van der Waals surface area contributed by atoms with Crippen molar-refractivity contribution in [1.29, 1.82) is 0 Å². The summed E-state index contributed by atoms with van der Waals surface area (Å²) >= 11 is 0. The maximum atomic E-state index is 11.4. The molecule has 0 saturated carbocycles. The van der Waals surface area contributed by atoms with E-state index in [-0.39, 0.29) is 5.78 Å². The highest BCUT2D eigenvalue weighted by Gasteiger charge is 2.05. The first kappa shape index (κ1) is 19.4. The Labute approximate surface area is 165 Å². The smallest absolute Gasteiger partial charge is 0.159 e. The summed E-state index contributed by atoms with van der Waals surface area (Å²) in [5, 5.41) is 6.60. The molecular formula is C22H24N4O2. The molecule has 2 aromatic carbocycles. The van der Waals surface area contributed by atoms with Crippen LogP contribution in [0.25, 0.3) is 0 Å². The van der Waals surface area contributed by atoms with Crippen molar-refractivity contribution < 1.29 is 9.53 Å². The van der Waals surface area contributed by atoms with Gasteiger partial charge in [0.25, 0.3) is 0 Å². The van der Waals surface area contributed by atoms with Gasteiger partial charge in [-0.1, -0.05) is 18.2 Å². The molecule has 0 aliphatic heterocycles. The molecule has 6 nitrogen and oxygen atoms in total. The van der Waals surface area contributed by atoms with Gasteiger partial charge >= 0.3 is 0 Å². The highest BCUT2D eigenvalue weighted by Crippen LogP contribution is 2.20. The predicted molar refractivity (Wildman–Crippen MR) is 112 cm³/mol. The number of ether oxygens (including phenoxy) is 1. The first-order valence-electron chi connectivity index (χ1n) is 9.14. The molecule has 0 aliphatic rings. The van der Waals surface area contributed by atoms with E-state index in [0.29, 0.717) is 17.2 Å². The van der Waals surface area contributed by atoms with Crippen molar-refractivity contribution in [1.82, 2.24) is 9.97 Å². The van der Waals surface area contributed by atoms with E-state index < -0.39 is 0 Å². The number of Topliss-reactive ketones (excluding diaryl/α,β-unsaturated/α-hetero) is 1. The quantitative estimate of drug-likeness (QED) is 0.568. The minimum atomic E-state index is 0.0472. The fourth-order valence-corrected chi connectivity index (χ4v) is 2.89. The number of carbonyl (C=O) groups excluding carboxylic acids is 1. The van der Waals surface area contributed by atoms with E-state index in [1.807, 2.05) is 43.3 Å². The average Bonchev–Trinajstić information content (AvgIpc) is 2.68. The Morgan fingerprint density at radius 1 is 1.04 bits per heavy atom. The average molecular weight is 376 g/mol. The van der Waals surface area contributed by atoms with Gasteiger partial charge in [-0.25, -0.2) is 9.97 Å². The van der Waals surface area contributed by atoms with Gasteiger partial charge in [0.15, 0.2) is 5.78 Å². The van der Waals surface area contributed by atoms with Crippen molar-refractivity contribution in [2.45, 2.75) is 20.3 Å². The van der Waals surface area contributed by atoms with E-state index in [4.69, 9.17) is 4.74 Å². The molecule has 144 valence electrons. The zero-order chi connectivity index (χ0) is 19.9. The van der Waals surface area contributed by atoms with Crippen LogP contribution in [0, 0.1) is 6.92 Å². The van der Waals surface area contributed by atoms with E-state index in [1.165, 1.54) is 0 Å². The summed E-state index contributed by atoms with van der Waals surface area (Å²) < 4.78 is 5.39. The van der Waals surface area contributed by atoms with Crippen LogP contribution in [-0.4, -0.2) is 29.4 Å². The molecule has 28 heavy (non-hydrogen) atoms. The summed E-state index contributed by atoms with van der Waals surface area (Å²) in [5.41, 5.74) is 2.69. The molecule has 0 aliphatic carbocycles. The Morgan fingerprint density at radius 3 is 2.46 bits per heavy atom. The minimum Gasteiger partial charge on any atom is -0.496 e. The minimum absolute atomic E-state index is 0.0472. The predicted octanol–water partition coefficient (Wildman–Crippen LogP) is 4.39. The van der Waals surface area contributed by atoms with Crippen LogP contribution >= 0.6 is 0 Å². The Morgan fingerprint density at radius 2 is 1.75 bits per heavy atom. The third-order valence-corrected chi connectivity index (χ3v) is 4.29. The molecule has 0 unspecified atom stereocenters. The van der Waals surface area contributed by atoms with Crippen LogP contribution in [-0.2, 0) is 6.42 Å². The van der Waals surface area contributed by atoms with Crippen LogP contribution in [0.1, 0.15) is 28.7 Å². The third-order valence-electron chi connectivity index (χ3n) is 4.29. The van der Waals surface area contributed by atoms with Gasteiger partial charge in [-0.3, -0.25) is 4.79 Å². The summed E-state index contributed by atoms with van der Waals surface area (Å²) in [6.45, 7) is 4.14. The van der Waals surface area contributed by atoms with Gasteiger partial charge in [0.2, 0.25) is 0 Å². The van der Waals surface area contributed by atoms with Crippen molar-refractivity contribution in [3.63, 3.8) is 0 Å². The number of nitrogens with one attached hydrogen (secondary N) is 2. The van der Waals surface area contributed by atoms with Crippen LogP contribution in [0.2, 0.25) is 0 Å². The number of rotatable bonds is 8. The molecule has 0 radical (unpaired) electrons. The summed E-state index contributed by atoms with van der Waals surface area (Å²) in [7, 11) is 1.68. The van der Waals surface area contributed by atoms with E-state index in [9.17, 15) is 4.79 Å². The van der Waals surface area contributed by atoms with E-state index >= 15 is 0 Å². The number of hydrogen-bond acceptors (Lipinski definition) is 6. The van der Waals surface area contributed by atoms with Gasteiger partial charge in [0.05, 0.1) is 7.11 Å². The molecule has 2 N–H and O–H groups in total. The number of hydrogen-bond donors (Lipinski definition) is 2. The summed E-state index contributed by atoms with van der Waals surface area (Å²) in [6.07, 6.45) is 0.822. The lowest BCUT2D eigenvalue weighted by molar-refractivity contribution is 0.101. The Hall–Kier alpha value is -3.41. The first-order valence-corrected chi connectivity index (χ1v) is 9.14. The number of benzene rings is 2. The van der Waals surface area contributed by atoms with Crippen molar-refractivity contribution in [2.24, 2.45) is 0 Å². The van der Waals surface area contributed by atoms with Crippen LogP contribution in [0.15, 0.2) is 54.6 Å². The molecule has 0 amide bonds. The second kappa shape index (κ2) is 8.99. The van der Waals surface area contributed by atoms with Gasteiger partial charge in [-0.2, -0.15) is 0 Å². The summed E-state index contributed by atoms with van der Waals surface area (Å²) in [6, 6.07) is 17.2. The molecule has 1 heterocycles. The molecular weight excluding hydrogens is 352 g/mol. The SMILES string of the molecule is COc1ccccc1CCNc1cc(Nc2ccc(C(C)=O)cc2)nc(C)n1. The molecule has 1 aromatic heterocycles. The lowest BCUT2D eigenvalue weighted by atomic mass is 10.1. The van der Waals surface area contributed by atoms with Gasteiger partial charge in [0.1, 0.15) is 23.2 Å². The zero-order valence-corrected chi connectivity index (χ0v) is 16.3. The topological polar surface area (TPSA) is 76.1 Å². The van der Waals surface area contributed by atoms with Crippen molar-refractivity contribution in [2.75, 3.05) is 24.3 Å². The molecule has 6 heteroatoms. The summed E-state index contributed by atoms with van der Waals surface area (Å²) in [4.78, 5) is 20.3. The molecule has 0 fully saturated rings. The second-order valence-electron chi connectivity index (χ2n) is 6.43. The maximum Gasteiger partial charge on any atom is 0.159 e. The molecule has 0 spiro atoms. The number of carbonyl (C=O) groups is 1. The van der Waals surface area contributed by atoms with Crippen LogP contribution in [0.4, 0.5) is 17.3 Å².